The third kappa shape index (κ3) is 4.09. The molecule has 0 bridgehead atoms. The smallest absolute Gasteiger partial charge is 0.254 e. The summed E-state index contributed by atoms with van der Waals surface area (Å²) in [5.41, 5.74) is 2.42. The highest BCUT2D eigenvalue weighted by Gasteiger charge is 2.09. The van der Waals surface area contributed by atoms with Gasteiger partial charge in [-0.05, 0) is 31.8 Å². The van der Waals surface area contributed by atoms with Crippen LogP contribution in [0.5, 0.6) is 0 Å². The van der Waals surface area contributed by atoms with Gasteiger partial charge in [-0.15, -0.1) is 0 Å². The van der Waals surface area contributed by atoms with Crippen molar-refractivity contribution in [1.29, 1.82) is 0 Å². The van der Waals surface area contributed by atoms with Gasteiger partial charge in [-0.2, -0.15) is 14.6 Å². The number of anilines is 1. The van der Waals surface area contributed by atoms with Crippen LogP contribution in [0.25, 0.3) is 5.78 Å². The first-order valence-electron chi connectivity index (χ1n) is 7.91. The predicted octanol–water partition coefficient (Wildman–Crippen LogP) is 2.08. The van der Waals surface area contributed by atoms with Crippen LogP contribution < -0.4 is 5.32 Å². The molecule has 0 saturated heterocycles. The van der Waals surface area contributed by atoms with Crippen molar-refractivity contribution in [2.45, 2.75) is 19.7 Å². The molecule has 2 heterocycles. The Bertz CT molecular complexity index is 863. The van der Waals surface area contributed by atoms with E-state index in [2.05, 4.69) is 20.4 Å². The molecule has 0 fully saturated rings. The molecule has 1 N–H and O–H groups in total. The molecule has 7 nitrogen and oxygen atoms in total. The lowest BCUT2D eigenvalue weighted by molar-refractivity contribution is 0.181. The fourth-order valence-corrected chi connectivity index (χ4v) is 2.60. The molecular weight excluding hydrogens is 323 g/mol. The zero-order valence-electron chi connectivity index (χ0n) is 14.5. The largest absolute Gasteiger partial charge is 0.378 e. The maximum absolute atomic E-state index is 13.9. The summed E-state index contributed by atoms with van der Waals surface area (Å²) < 4.78 is 20.7. The van der Waals surface area contributed by atoms with Gasteiger partial charge in [-0.1, -0.05) is 6.07 Å². The molecule has 0 aliphatic carbocycles. The molecule has 0 aliphatic heterocycles. The summed E-state index contributed by atoms with van der Waals surface area (Å²) in [6, 6.07) is 7.02. The zero-order chi connectivity index (χ0) is 17.8. The van der Waals surface area contributed by atoms with Gasteiger partial charge in [-0.3, -0.25) is 0 Å². The summed E-state index contributed by atoms with van der Waals surface area (Å²) in [7, 11) is 5.45. The van der Waals surface area contributed by atoms with E-state index in [4.69, 9.17) is 4.74 Å². The molecule has 0 aliphatic rings. The Labute approximate surface area is 145 Å². The number of hydrogen-bond donors (Lipinski definition) is 1. The van der Waals surface area contributed by atoms with E-state index in [1.54, 1.807) is 17.7 Å². The number of nitrogens with one attached hydrogen (secondary N) is 1. The fourth-order valence-electron chi connectivity index (χ4n) is 2.60. The minimum absolute atomic E-state index is 0.192. The molecule has 0 saturated carbocycles. The van der Waals surface area contributed by atoms with Crippen molar-refractivity contribution < 1.29 is 9.13 Å². The van der Waals surface area contributed by atoms with Gasteiger partial charge in [0.25, 0.3) is 5.78 Å². The number of hydrogen-bond acceptors (Lipinski definition) is 6. The van der Waals surface area contributed by atoms with Crippen LogP contribution in [0.15, 0.2) is 30.6 Å². The summed E-state index contributed by atoms with van der Waals surface area (Å²) in [5, 5.41) is 7.49. The van der Waals surface area contributed by atoms with Crippen molar-refractivity contribution >= 4 is 11.6 Å². The van der Waals surface area contributed by atoms with Crippen LogP contribution >= 0.6 is 0 Å². The molecule has 0 spiro atoms. The highest BCUT2D eigenvalue weighted by Crippen LogP contribution is 2.16. The first kappa shape index (κ1) is 17.2. The van der Waals surface area contributed by atoms with E-state index in [0.717, 1.165) is 17.1 Å². The monoisotopic (exact) mass is 344 g/mol. The molecule has 1 aromatic carbocycles. The Morgan fingerprint density at radius 2 is 2.12 bits per heavy atom. The summed E-state index contributed by atoms with van der Waals surface area (Å²) in [5.74, 6) is 1.07. The van der Waals surface area contributed by atoms with Crippen molar-refractivity contribution in [3.63, 3.8) is 0 Å². The van der Waals surface area contributed by atoms with Crippen LogP contribution in [-0.4, -0.2) is 45.7 Å². The van der Waals surface area contributed by atoms with Crippen molar-refractivity contribution in [1.82, 2.24) is 24.5 Å². The number of nitrogens with zero attached hydrogens (tertiary/aromatic N) is 5. The highest BCUT2D eigenvalue weighted by molar-refractivity contribution is 5.45. The van der Waals surface area contributed by atoms with Crippen LogP contribution in [0.2, 0.25) is 0 Å². The summed E-state index contributed by atoms with van der Waals surface area (Å²) in [4.78, 5) is 10.4. The number of ether oxygens (including phenoxy) is 1. The van der Waals surface area contributed by atoms with E-state index in [0.29, 0.717) is 31.0 Å². The van der Waals surface area contributed by atoms with Crippen molar-refractivity contribution in [2.75, 3.05) is 26.5 Å². The molecule has 132 valence electrons. The van der Waals surface area contributed by atoms with Crippen LogP contribution in [0, 0.1) is 5.82 Å². The molecule has 25 heavy (non-hydrogen) atoms. The lowest BCUT2D eigenvalue weighted by Crippen LogP contribution is -2.13. The Morgan fingerprint density at radius 3 is 2.88 bits per heavy atom. The third-order valence-corrected chi connectivity index (χ3v) is 3.67. The fraction of sp³-hybridized carbons (Fsp3) is 0.353. The average molecular weight is 344 g/mol. The molecule has 0 amide bonds. The van der Waals surface area contributed by atoms with E-state index >= 15 is 0 Å². The molecule has 0 radical (unpaired) electrons. The topological polar surface area (TPSA) is 67.6 Å². The van der Waals surface area contributed by atoms with Gasteiger partial charge in [-0.25, -0.2) is 9.37 Å². The first-order chi connectivity index (χ1) is 12.1. The normalized spacial score (nSPS) is 11.4. The number of benzene rings is 1. The van der Waals surface area contributed by atoms with Gasteiger partial charge in [0.05, 0.1) is 12.3 Å². The number of halogens is 1. The molecule has 0 unspecified atom stereocenters. The van der Waals surface area contributed by atoms with Gasteiger partial charge in [0.15, 0.2) is 0 Å². The van der Waals surface area contributed by atoms with Crippen LogP contribution in [0.1, 0.15) is 16.8 Å². The minimum Gasteiger partial charge on any atom is -0.378 e. The number of methoxy groups -OCH3 is 1. The van der Waals surface area contributed by atoms with Gasteiger partial charge < -0.3 is 15.0 Å². The Kier molecular flexibility index (Phi) is 5.20. The van der Waals surface area contributed by atoms with E-state index in [1.165, 1.54) is 12.4 Å². The maximum Gasteiger partial charge on any atom is 0.254 e. The second-order valence-electron chi connectivity index (χ2n) is 6.05. The van der Waals surface area contributed by atoms with Crippen molar-refractivity contribution in [3.8, 4) is 0 Å². The van der Waals surface area contributed by atoms with Gasteiger partial charge >= 0.3 is 0 Å². The van der Waals surface area contributed by atoms with Gasteiger partial charge in [0.1, 0.15) is 18.0 Å². The van der Waals surface area contributed by atoms with E-state index in [1.807, 2.05) is 31.1 Å². The minimum atomic E-state index is -0.192. The van der Waals surface area contributed by atoms with Crippen molar-refractivity contribution in [3.05, 3.63) is 53.2 Å². The number of rotatable bonds is 7. The van der Waals surface area contributed by atoms with Crippen LogP contribution in [0.3, 0.4) is 0 Å². The second kappa shape index (κ2) is 7.54. The Balaban J connectivity index is 1.81. The molecule has 0 atom stereocenters. The average Bonchev–Trinajstić information content (AvgIpc) is 3.04. The molecule has 2 aromatic heterocycles. The van der Waals surface area contributed by atoms with Gasteiger partial charge in [0, 0.05) is 31.8 Å². The Hall–Kier alpha value is -2.58. The highest BCUT2D eigenvalue weighted by atomic mass is 19.1. The lowest BCUT2D eigenvalue weighted by atomic mass is 10.1. The lowest BCUT2D eigenvalue weighted by Gasteiger charge is -2.13. The zero-order valence-corrected chi connectivity index (χ0v) is 14.5. The maximum atomic E-state index is 13.9. The SMILES string of the molecule is COCc1cc(NCc2ccc(F)c(CN(C)C)c2)n2ncnc2n1. The quantitative estimate of drug-likeness (QED) is 0.708. The van der Waals surface area contributed by atoms with Crippen molar-refractivity contribution in [2.24, 2.45) is 0 Å². The predicted molar refractivity (Wildman–Crippen MR) is 92.6 cm³/mol. The van der Waals surface area contributed by atoms with Crippen LogP contribution in [-0.2, 0) is 24.4 Å². The molecular formula is C17H21FN6O. The summed E-state index contributed by atoms with van der Waals surface area (Å²) >= 11 is 0. The number of fused-ring (bicyclic) bond motifs is 1. The second-order valence-corrected chi connectivity index (χ2v) is 6.05. The van der Waals surface area contributed by atoms with E-state index in [-0.39, 0.29) is 5.82 Å². The standard InChI is InChI=1S/C17H21FN6O/c1-23(2)9-13-6-12(4-5-15(13)18)8-19-16-7-14(10-25-3)22-17-20-11-21-24(16)17/h4-7,11,19H,8-10H2,1-3H3. The summed E-state index contributed by atoms with van der Waals surface area (Å²) in [6.07, 6.45) is 1.46. The van der Waals surface area contributed by atoms with Gasteiger partial charge in [0.2, 0.25) is 0 Å². The van der Waals surface area contributed by atoms with E-state index < -0.39 is 0 Å². The molecule has 3 rings (SSSR count). The molecule has 8 heteroatoms. The molecule has 3 aromatic rings. The Morgan fingerprint density at radius 1 is 1.28 bits per heavy atom. The summed E-state index contributed by atoms with van der Waals surface area (Å²) in [6.45, 7) is 1.48. The van der Waals surface area contributed by atoms with E-state index in [9.17, 15) is 4.39 Å². The first-order valence-corrected chi connectivity index (χ1v) is 7.91. The van der Waals surface area contributed by atoms with Crippen LogP contribution in [0.4, 0.5) is 10.2 Å². The number of aromatic nitrogens is 4. The third-order valence-electron chi connectivity index (χ3n) is 3.67.